The van der Waals surface area contributed by atoms with E-state index in [0.29, 0.717) is 36.2 Å². The lowest BCUT2D eigenvalue weighted by Gasteiger charge is -2.21. The van der Waals surface area contributed by atoms with E-state index >= 15 is 4.39 Å². The average Bonchev–Trinajstić information content (AvgIpc) is 3.74. The third-order valence-corrected chi connectivity index (χ3v) is 7.12. The van der Waals surface area contributed by atoms with Crippen LogP contribution in [0.2, 0.25) is 0 Å². The molecule has 9 nitrogen and oxygen atoms in total. The summed E-state index contributed by atoms with van der Waals surface area (Å²) in [7, 11) is 1.53. The van der Waals surface area contributed by atoms with Crippen LogP contribution in [0.5, 0.6) is 0 Å². The molecule has 0 saturated heterocycles. The predicted octanol–water partition coefficient (Wildman–Crippen LogP) is 4.15. The molecule has 0 atom stereocenters. The lowest BCUT2D eigenvalue weighted by molar-refractivity contribution is -0.114. The number of nitrogens with zero attached hydrogens (tertiary/aromatic N) is 3. The molecule has 2 N–H and O–H groups in total. The average molecular weight is 532 g/mol. The number of carbonyl (C=O) groups is 1. The molecule has 0 unspecified atom stereocenters. The van der Waals surface area contributed by atoms with Crippen LogP contribution in [0.1, 0.15) is 50.8 Å². The molecule has 5 rings (SSSR count). The molecule has 2 aromatic carbocycles. The second kappa shape index (κ2) is 10.0. The molecule has 1 aliphatic rings. The summed E-state index contributed by atoms with van der Waals surface area (Å²) in [6.45, 7) is 5.10. The Bertz CT molecular complexity index is 1800. The maximum atomic E-state index is 15.0. The predicted molar refractivity (Wildman–Crippen MR) is 150 cm³/mol. The number of nitrogens with one attached hydrogen (secondary N) is 2. The molecule has 4 aromatic rings. The second-order valence-corrected chi connectivity index (χ2v) is 9.81. The molecule has 0 radical (unpaired) electrons. The normalized spacial score (nSPS) is 13.1. The van der Waals surface area contributed by atoms with Gasteiger partial charge in [-0.25, -0.2) is 9.18 Å². The Kier molecular flexibility index (Phi) is 6.71. The molecule has 2 heterocycles. The van der Waals surface area contributed by atoms with Gasteiger partial charge >= 0.3 is 5.69 Å². The van der Waals surface area contributed by atoms with Gasteiger partial charge in [0.05, 0.1) is 16.9 Å². The van der Waals surface area contributed by atoms with E-state index in [0.717, 1.165) is 5.56 Å². The zero-order chi connectivity index (χ0) is 28.0. The number of aromatic nitrogens is 3. The number of aryl methyl sites for hydroxylation is 2. The summed E-state index contributed by atoms with van der Waals surface area (Å²) in [5, 5.41) is 5.82. The largest absolute Gasteiger partial charge is 0.338 e. The maximum Gasteiger partial charge on any atom is 0.336 e. The minimum atomic E-state index is -0.547. The Morgan fingerprint density at radius 1 is 1.00 bits per heavy atom. The van der Waals surface area contributed by atoms with E-state index in [2.05, 4.69) is 10.6 Å². The molecule has 1 amide bonds. The van der Waals surface area contributed by atoms with Crippen LogP contribution in [0.25, 0.3) is 16.6 Å². The van der Waals surface area contributed by atoms with Crippen LogP contribution in [0.15, 0.2) is 56.8 Å². The van der Waals surface area contributed by atoms with Crippen molar-refractivity contribution in [2.45, 2.75) is 52.5 Å². The Morgan fingerprint density at radius 2 is 1.69 bits per heavy atom. The van der Waals surface area contributed by atoms with Crippen LogP contribution in [0, 0.1) is 5.82 Å². The fraction of sp³-hybridized carbons (Fsp3) is 0.310. The molecule has 2 aromatic heterocycles. The van der Waals surface area contributed by atoms with Gasteiger partial charge in [-0.1, -0.05) is 19.9 Å². The first-order valence-electron chi connectivity index (χ1n) is 13.0. The van der Waals surface area contributed by atoms with Crippen LogP contribution >= 0.6 is 0 Å². The first-order chi connectivity index (χ1) is 18.7. The van der Waals surface area contributed by atoms with E-state index in [-0.39, 0.29) is 40.8 Å². The van der Waals surface area contributed by atoms with Gasteiger partial charge in [-0.15, -0.1) is 0 Å². The molecule has 10 heteroatoms. The number of fused-ring (bicyclic) bond motifs is 1. The molecule has 0 bridgehead atoms. The van der Waals surface area contributed by atoms with Gasteiger partial charge in [0, 0.05) is 31.3 Å². The highest BCUT2D eigenvalue weighted by molar-refractivity contribution is 5.94. The number of carbonyl (C=O) groups excluding carboxylic acids is 1. The van der Waals surface area contributed by atoms with Crippen LogP contribution < -0.4 is 27.4 Å². The number of halogens is 1. The standard InChI is InChI=1S/C29H30FN5O4/c1-5-17-7-14-23(22(30)15-17)32-26-24-25(21(6-2)27(37)33(26)4)34(29(39)35(28(24)38)20-12-13-20)19-10-8-18(9-11-19)31-16(3)36/h7-11,14-15,20,32H,5-6,12-13H2,1-4H3,(H,31,36). The van der Waals surface area contributed by atoms with E-state index in [1.165, 1.54) is 33.7 Å². The minimum Gasteiger partial charge on any atom is -0.338 e. The maximum absolute atomic E-state index is 15.0. The van der Waals surface area contributed by atoms with Crippen molar-refractivity contribution in [3.63, 3.8) is 0 Å². The Labute approximate surface area is 223 Å². The van der Waals surface area contributed by atoms with E-state index in [9.17, 15) is 19.2 Å². The van der Waals surface area contributed by atoms with Crippen LogP contribution in [-0.2, 0) is 24.7 Å². The van der Waals surface area contributed by atoms with Crippen molar-refractivity contribution >= 4 is 34.0 Å². The van der Waals surface area contributed by atoms with E-state index in [4.69, 9.17) is 0 Å². The summed E-state index contributed by atoms with van der Waals surface area (Å²) in [6, 6.07) is 11.1. The number of hydrogen-bond acceptors (Lipinski definition) is 5. The lowest BCUT2D eigenvalue weighted by atomic mass is 10.1. The van der Waals surface area contributed by atoms with E-state index in [1.54, 1.807) is 43.3 Å². The highest BCUT2D eigenvalue weighted by atomic mass is 19.1. The highest BCUT2D eigenvalue weighted by Gasteiger charge is 2.32. The zero-order valence-corrected chi connectivity index (χ0v) is 22.3. The SMILES string of the molecule is CCc1ccc(Nc2c3c(=O)n(C4CC4)c(=O)n(-c4ccc(NC(C)=O)cc4)c3c(CC)c(=O)n2C)c(F)c1. The summed E-state index contributed by atoms with van der Waals surface area (Å²) in [5.41, 5.74) is 0.908. The van der Waals surface area contributed by atoms with Crippen molar-refractivity contribution in [3.8, 4) is 5.69 Å². The van der Waals surface area contributed by atoms with Gasteiger partial charge in [0.25, 0.3) is 11.1 Å². The van der Waals surface area contributed by atoms with E-state index < -0.39 is 22.6 Å². The molecule has 0 aliphatic heterocycles. The number of anilines is 3. The summed E-state index contributed by atoms with van der Waals surface area (Å²) in [6.07, 6.45) is 2.29. The van der Waals surface area contributed by atoms with E-state index in [1.807, 2.05) is 6.92 Å². The van der Waals surface area contributed by atoms with Crippen molar-refractivity contribution < 1.29 is 9.18 Å². The molecule has 202 valence electrons. The highest BCUT2D eigenvalue weighted by Crippen LogP contribution is 2.34. The van der Waals surface area contributed by atoms with Crippen LogP contribution in [-0.4, -0.2) is 19.6 Å². The third kappa shape index (κ3) is 4.56. The quantitative estimate of drug-likeness (QED) is 0.373. The summed E-state index contributed by atoms with van der Waals surface area (Å²) >= 11 is 0. The van der Waals surface area contributed by atoms with Gasteiger partial charge in [-0.3, -0.25) is 28.1 Å². The molecular formula is C29H30FN5O4. The minimum absolute atomic E-state index is 0.110. The fourth-order valence-electron chi connectivity index (χ4n) is 4.96. The summed E-state index contributed by atoms with van der Waals surface area (Å²) in [4.78, 5) is 52.9. The fourth-order valence-corrected chi connectivity index (χ4v) is 4.96. The Balaban J connectivity index is 1.87. The number of hydrogen-bond donors (Lipinski definition) is 2. The second-order valence-electron chi connectivity index (χ2n) is 9.81. The smallest absolute Gasteiger partial charge is 0.336 e. The van der Waals surface area contributed by atoms with Gasteiger partial charge in [-0.2, -0.15) is 0 Å². The van der Waals surface area contributed by atoms with Crippen molar-refractivity contribution in [2.24, 2.45) is 7.05 Å². The first kappa shape index (κ1) is 26.1. The summed E-state index contributed by atoms with van der Waals surface area (Å²) < 4.78 is 19.0. The number of amides is 1. The number of benzene rings is 2. The number of pyridine rings is 1. The molecule has 0 spiro atoms. The Hall–Kier alpha value is -4.47. The molecule has 1 aliphatic carbocycles. The third-order valence-electron chi connectivity index (χ3n) is 7.12. The van der Waals surface area contributed by atoms with Gasteiger partial charge in [0.2, 0.25) is 5.91 Å². The molecule has 1 saturated carbocycles. The van der Waals surface area contributed by atoms with Crippen molar-refractivity contribution in [1.29, 1.82) is 0 Å². The van der Waals surface area contributed by atoms with Crippen molar-refractivity contribution in [3.05, 3.63) is 90.6 Å². The van der Waals surface area contributed by atoms with Gasteiger partial charge in [-0.05, 0) is 67.6 Å². The van der Waals surface area contributed by atoms with Crippen molar-refractivity contribution in [1.82, 2.24) is 13.7 Å². The molecule has 1 fully saturated rings. The number of rotatable bonds is 7. The zero-order valence-electron chi connectivity index (χ0n) is 22.3. The molecule has 39 heavy (non-hydrogen) atoms. The molecular weight excluding hydrogens is 501 g/mol. The van der Waals surface area contributed by atoms with Gasteiger partial charge < -0.3 is 10.6 Å². The lowest BCUT2D eigenvalue weighted by Crippen LogP contribution is -2.41. The Morgan fingerprint density at radius 3 is 2.26 bits per heavy atom. The van der Waals surface area contributed by atoms with Crippen LogP contribution in [0.4, 0.5) is 21.6 Å². The van der Waals surface area contributed by atoms with Crippen LogP contribution in [0.3, 0.4) is 0 Å². The topological polar surface area (TPSA) is 107 Å². The van der Waals surface area contributed by atoms with Crippen molar-refractivity contribution in [2.75, 3.05) is 10.6 Å². The first-order valence-corrected chi connectivity index (χ1v) is 13.0. The van der Waals surface area contributed by atoms with Gasteiger partial charge in [0.1, 0.15) is 17.0 Å². The monoisotopic (exact) mass is 531 g/mol. The van der Waals surface area contributed by atoms with Gasteiger partial charge in [0.15, 0.2) is 0 Å². The summed E-state index contributed by atoms with van der Waals surface area (Å²) in [5.74, 6) is -0.642.